The van der Waals surface area contributed by atoms with Gasteiger partial charge in [0.2, 0.25) is 0 Å². The molecule has 0 amide bonds. The SMILES string of the molecule is CCCC[S+]([O-])CSc1nc(-c2nccs2)cc(-c2ccc(COCC(=O)OC)cc2)c1C#N. The molecule has 0 aliphatic carbocycles. The fraction of sp³-hybridized carbons (Fsp3) is 0.333. The van der Waals surface area contributed by atoms with Crippen LogP contribution < -0.4 is 0 Å². The first-order chi connectivity index (χ1) is 16.5. The highest BCUT2D eigenvalue weighted by molar-refractivity contribution is 8.12. The molecule has 2 aromatic heterocycles. The summed E-state index contributed by atoms with van der Waals surface area (Å²) in [6.45, 7) is 2.23. The van der Waals surface area contributed by atoms with Crippen molar-refractivity contribution in [3.8, 4) is 27.9 Å². The smallest absolute Gasteiger partial charge is 0.331 e. The van der Waals surface area contributed by atoms with Crippen LogP contribution in [0, 0.1) is 11.3 Å². The third-order valence-corrected chi connectivity index (χ3v) is 8.41. The zero-order chi connectivity index (χ0) is 24.3. The van der Waals surface area contributed by atoms with Gasteiger partial charge in [-0.3, -0.25) is 0 Å². The normalized spacial score (nSPS) is 11.7. The molecule has 3 rings (SSSR count). The molecule has 0 radical (unpaired) electrons. The number of unbranched alkanes of at least 4 members (excludes halogenated alkanes) is 1. The summed E-state index contributed by atoms with van der Waals surface area (Å²) in [4.78, 5) is 20.3. The number of esters is 1. The van der Waals surface area contributed by atoms with Gasteiger partial charge in [0.15, 0.2) is 5.08 Å². The van der Waals surface area contributed by atoms with E-state index in [9.17, 15) is 14.6 Å². The minimum Gasteiger partial charge on any atom is -0.616 e. The number of thioether (sulfide) groups is 1. The third kappa shape index (κ3) is 7.29. The minimum absolute atomic E-state index is 0.113. The van der Waals surface area contributed by atoms with E-state index in [1.54, 1.807) is 6.20 Å². The monoisotopic (exact) mass is 515 g/mol. The second-order valence-corrected chi connectivity index (χ2v) is 11.0. The first kappa shape index (κ1) is 26.2. The van der Waals surface area contributed by atoms with Crippen LogP contribution in [0.4, 0.5) is 0 Å². The molecular weight excluding hydrogens is 490 g/mol. The maximum atomic E-state index is 12.4. The number of nitriles is 1. The fourth-order valence-electron chi connectivity index (χ4n) is 3.00. The summed E-state index contributed by atoms with van der Waals surface area (Å²) in [5.74, 6) is 0.214. The lowest BCUT2D eigenvalue weighted by atomic mass is 10.00. The molecule has 3 aromatic rings. The van der Waals surface area contributed by atoms with Crippen LogP contribution >= 0.6 is 23.1 Å². The maximum Gasteiger partial charge on any atom is 0.331 e. The van der Waals surface area contributed by atoms with Gasteiger partial charge in [-0.15, -0.1) is 11.3 Å². The van der Waals surface area contributed by atoms with Gasteiger partial charge in [0.05, 0.1) is 19.3 Å². The molecule has 0 aliphatic rings. The predicted octanol–water partition coefficient (Wildman–Crippen LogP) is 5.03. The van der Waals surface area contributed by atoms with Crippen molar-refractivity contribution < 1.29 is 18.8 Å². The van der Waals surface area contributed by atoms with Crippen LogP contribution in [0.15, 0.2) is 46.9 Å². The van der Waals surface area contributed by atoms with Gasteiger partial charge in [-0.1, -0.05) is 49.4 Å². The minimum atomic E-state index is -0.982. The number of hydrogen-bond acceptors (Lipinski definition) is 9. The van der Waals surface area contributed by atoms with Gasteiger partial charge < -0.3 is 14.0 Å². The van der Waals surface area contributed by atoms with Gasteiger partial charge in [-0.05, 0) is 34.8 Å². The number of aromatic nitrogens is 2. The number of carbonyl (C=O) groups excluding carboxylic acids is 1. The van der Waals surface area contributed by atoms with Crippen molar-refractivity contribution in [2.24, 2.45) is 0 Å². The molecule has 0 bridgehead atoms. The quantitative estimate of drug-likeness (QED) is 0.188. The van der Waals surface area contributed by atoms with Crippen LogP contribution in [0.25, 0.3) is 21.8 Å². The number of rotatable bonds is 12. The van der Waals surface area contributed by atoms with Crippen LogP contribution in [0.3, 0.4) is 0 Å². The Hall–Kier alpha value is -2.42. The number of hydrogen-bond donors (Lipinski definition) is 0. The molecule has 0 aliphatic heterocycles. The van der Waals surface area contributed by atoms with Crippen LogP contribution in [0.2, 0.25) is 0 Å². The van der Waals surface area contributed by atoms with Gasteiger partial charge in [-0.25, -0.2) is 14.8 Å². The molecule has 2 heterocycles. The number of methoxy groups -OCH3 is 1. The van der Waals surface area contributed by atoms with Crippen LogP contribution in [0.5, 0.6) is 0 Å². The van der Waals surface area contributed by atoms with Crippen LogP contribution in [-0.2, 0) is 32.1 Å². The summed E-state index contributed by atoms with van der Waals surface area (Å²) in [7, 11) is 1.32. The largest absolute Gasteiger partial charge is 0.616 e. The topological polar surface area (TPSA) is 108 Å². The third-order valence-electron chi connectivity index (χ3n) is 4.78. The second kappa shape index (κ2) is 13.5. The average molecular weight is 516 g/mol. The van der Waals surface area contributed by atoms with Crippen molar-refractivity contribution in [3.05, 3.63) is 53.0 Å². The predicted molar refractivity (Wildman–Crippen MR) is 136 cm³/mol. The highest BCUT2D eigenvalue weighted by Gasteiger charge is 2.19. The molecule has 34 heavy (non-hydrogen) atoms. The van der Waals surface area contributed by atoms with Gasteiger partial charge in [0, 0.05) is 17.1 Å². The molecular formula is C24H25N3O4S3. The van der Waals surface area contributed by atoms with E-state index < -0.39 is 17.1 Å². The molecule has 1 unspecified atom stereocenters. The highest BCUT2D eigenvalue weighted by Crippen LogP contribution is 2.35. The first-order valence-electron chi connectivity index (χ1n) is 10.6. The van der Waals surface area contributed by atoms with Crippen LogP contribution in [-0.4, -0.2) is 45.0 Å². The summed E-state index contributed by atoms with van der Waals surface area (Å²) >= 11 is 1.84. The van der Waals surface area contributed by atoms with Gasteiger partial charge in [0.25, 0.3) is 0 Å². The van der Waals surface area contributed by atoms with E-state index in [1.165, 1.54) is 30.2 Å². The molecule has 0 fully saturated rings. The molecule has 0 spiro atoms. The van der Waals surface area contributed by atoms with Crippen LogP contribution in [0.1, 0.15) is 30.9 Å². The summed E-state index contributed by atoms with van der Waals surface area (Å²) in [5.41, 5.74) is 3.61. The molecule has 1 atom stereocenters. The fourth-order valence-corrected chi connectivity index (χ4v) is 6.11. The number of thiazole rings is 1. The lowest BCUT2D eigenvalue weighted by Crippen LogP contribution is -2.10. The van der Waals surface area contributed by atoms with Gasteiger partial charge in [-0.2, -0.15) is 5.26 Å². The summed E-state index contributed by atoms with van der Waals surface area (Å²) in [6.07, 6.45) is 3.62. The van der Waals surface area contributed by atoms with Crippen molar-refractivity contribution in [3.63, 3.8) is 0 Å². The van der Waals surface area contributed by atoms with E-state index in [1.807, 2.05) is 35.7 Å². The van der Waals surface area contributed by atoms with Crippen molar-refractivity contribution in [2.45, 2.75) is 31.4 Å². The molecule has 0 saturated heterocycles. The molecule has 10 heteroatoms. The lowest BCUT2D eigenvalue weighted by molar-refractivity contribution is -0.146. The Morgan fingerprint density at radius 1 is 1.32 bits per heavy atom. The zero-order valence-electron chi connectivity index (χ0n) is 19.0. The Labute approximate surface area is 210 Å². The van der Waals surface area contributed by atoms with Crippen molar-refractivity contribution in [1.82, 2.24) is 9.97 Å². The number of carbonyl (C=O) groups is 1. The number of benzene rings is 1. The first-order valence-corrected chi connectivity index (χ1v) is 14.0. The summed E-state index contributed by atoms with van der Waals surface area (Å²) in [5, 5.41) is 13.6. The standard InChI is InChI=1S/C24H25N3O4S3/c1-3-4-11-34(29)16-33-23-20(13-25)19(12-21(27-23)24-26-9-10-32-24)18-7-5-17(6-8-18)14-31-15-22(28)30-2/h5-10,12H,3-4,11,14-16H2,1-2H3. The molecule has 0 N–H and O–H groups in total. The Kier molecular flexibility index (Phi) is 10.4. The second-order valence-electron chi connectivity index (χ2n) is 7.21. The average Bonchev–Trinajstić information content (AvgIpc) is 3.41. The Morgan fingerprint density at radius 3 is 2.76 bits per heavy atom. The van der Waals surface area contributed by atoms with Crippen molar-refractivity contribution >= 4 is 40.2 Å². The number of nitrogens with zero attached hydrogens (tertiary/aromatic N) is 3. The molecule has 1 aromatic carbocycles. The Bertz CT molecular complexity index is 1120. The highest BCUT2D eigenvalue weighted by atomic mass is 32.3. The Morgan fingerprint density at radius 2 is 2.12 bits per heavy atom. The van der Waals surface area contributed by atoms with Gasteiger partial charge in [0.1, 0.15) is 34.2 Å². The molecule has 7 nitrogen and oxygen atoms in total. The lowest BCUT2D eigenvalue weighted by Gasteiger charge is -2.13. The van der Waals surface area contributed by atoms with E-state index in [0.717, 1.165) is 34.5 Å². The zero-order valence-corrected chi connectivity index (χ0v) is 21.4. The number of pyridine rings is 1. The van der Waals surface area contributed by atoms with Gasteiger partial charge >= 0.3 is 5.97 Å². The summed E-state index contributed by atoms with van der Waals surface area (Å²) < 4.78 is 22.3. The Balaban J connectivity index is 1.88. The van der Waals surface area contributed by atoms with E-state index in [-0.39, 0.29) is 13.2 Å². The van der Waals surface area contributed by atoms with Crippen molar-refractivity contribution in [2.75, 3.05) is 24.6 Å². The van der Waals surface area contributed by atoms with E-state index in [0.29, 0.717) is 27.1 Å². The van der Waals surface area contributed by atoms with E-state index >= 15 is 0 Å². The number of ether oxygens (including phenoxy) is 2. The van der Waals surface area contributed by atoms with E-state index in [4.69, 9.17) is 9.72 Å². The van der Waals surface area contributed by atoms with E-state index in [2.05, 4.69) is 22.7 Å². The van der Waals surface area contributed by atoms with Crippen molar-refractivity contribution in [1.29, 1.82) is 5.26 Å². The maximum absolute atomic E-state index is 12.4. The molecule has 178 valence electrons. The molecule has 0 saturated carbocycles. The summed E-state index contributed by atoms with van der Waals surface area (Å²) in [6, 6.07) is 11.8.